The molecule has 1 aromatic carbocycles. The van der Waals surface area contributed by atoms with Gasteiger partial charge in [0.05, 0.1) is 17.6 Å². The van der Waals surface area contributed by atoms with Crippen molar-refractivity contribution in [2.45, 2.75) is 30.7 Å². The van der Waals surface area contributed by atoms with E-state index in [1.807, 2.05) is 0 Å². The van der Waals surface area contributed by atoms with Crippen molar-refractivity contribution in [2.24, 2.45) is 5.73 Å². The predicted molar refractivity (Wildman–Crippen MR) is 85.7 cm³/mol. The van der Waals surface area contributed by atoms with Crippen LogP contribution in [0.1, 0.15) is 28.8 Å². The van der Waals surface area contributed by atoms with Gasteiger partial charge in [-0.1, -0.05) is 6.07 Å². The molecule has 1 aliphatic rings. The first-order valence-electron chi connectivity index (χ1n) is 6.81. The van der Waals surface area contributed by atoms with Crippen molar-refractivity contribution in [2.75, 3.05) is 20.2 Å². The van der Waals surface area contributed by atoms with E-state index < -0.39 is 16.0 Å². The maximum Gasteiger partial charge on any atom is 0.337 e. The van der Waals surface area contributed by atoms with Gasteiger partial charge in [0.15, 0.2) is 0 Å². The Balaban J connectivity index is 0.00000242. The Bertz CT molecular complexity index is 640. The van der Waals surface area contributed by atoms with Crippen molar-refractivity contribution in [3.63, 3.8) is 0 Å². The molecule has 0 amide bonds. The normalized spacial score (nSPS) is 16.9. The molecule has 0 bridgehead atoms. The number of rotatable bonds is 3. The molecule has 2 rings (SSSR count). The third-order valence-electron chi connectivity index (χ3n) is 3.73. The predicted octanol–water partition coefficient (Wildman–Crippen LogP) is 1.32. The van der Waals surface area contributed by atoms with Crippen LogP contribution in [0, 0.1) is 6.92 Å². The van der Waals surface area contributed by atoms with E-state index in [-0.39, 0.29) is 28.9 Å². The van der Waals surface area contributed by atoms with E-state index in [0.29, 0.717) is 31.5 Å². The van der Waals surface area contributed by atoms with Gasteiger partial charge in [0, 0.05) is 19.1 Å². The molecule has 0 saturated carbocycles. The van der Waals surface area contributed by atoms with Crippen molar-refractivity contribution >= 4 is 28.4 Å². The number of hydrogen-bond acceptors (Lipinski definition) is 5. The maximum absolute atomic E-state index is 12.7. The summed E-state index contributed by atoms with van der Waals surface area (Å²) in [6, 6.07) is 4.62. The van der Waals surface area contributed by atoms with E-state index in [2.05, 4.69) is 4.74 Å². The standard InChI is InChI=1S/C14H20N2O4S.ClH/c1-10-3-4-11(14(17)20-2)9-13(10)21(18,19)16-7-5-12(15)6-8-16;/h3-4,9,12H,5-8,15H2,1-2H3;1H. The zero-order valence-electron chi connectivity index (χ0n) is 12.6. The van der Waals surface area contributed by atoms with Crippen molar-refractivity contribution in [1.82, 2.24) is 4.31 Å². The molecule has 0 unspecified atom stereocenters. The summed E-state index contributed by atoms with van der Waals surface area (Å²) < 4.78 is 31.5. The molecule has 6 nitrogen and oxygen atoms in total. The van der Waals surface area contributed by atoms with E-state index in [4.69, 9.17) is 5.73 Å². The molecule has 0 atom stereocenters. The number of carbonyl (C=O) groups is 1. The Morgan fingerprint density at radius 1 is 1.32 bits per heavy atom. The number of piperidine rings is 1. The second kappa shape index (κ2) is 7.41. The zero-order valence-corrected chi connectivity index (χ0v) is 14.2. The molecule has 1 fully saturated rings. The quantitative estimate of drug-likeness (QED) is 0.832. The molecule has 8 heteroatoms. The molecule has 0 aliphatic carbocycles. The van der Waals surface area contributed by atoms with Crippen LogP contribution in [-0.4, -0.2) is 44.9 Å². The Labute approximate surface area is 137 Å². The van der Waals surface area contributed by atoms with E-state index in [1.165, 1.54) is 17.5 Å². The van der Waals surface area contributed by atoms with Gasteiger partial charge in [-0.3, -0.25) is 0 Å². The van der Waals surface area contributed by atoms with Crippen LogP contribution < -0.4 is 5.73 Å². The van der Waals surface area contributed by atoms with E-state index in [1.54, 1.807) is 19.1 Å². The van der Waals surface area contributed by atoms with Crippen LogP contribution in [-0.2, 0) is 14.8 Å². The summed E-state index contributed by atoms with van der Waals surface area (Å²) >= 11 is 0. The van der Waals surface area contributed by atoms with E-state index in [0.717, 1.165) is 0 Å². The average molecular weight is 349 g/mol. The largest absolute Gasteiger partial charge is 0.465 e. The lowest BCUT2D eigenvalue weighted by Gasteiger charge is -2.29. The molecular formula is C14H21ClN2O4S. The fourth-order valence-corrected chi connectivity index (χ4v) is 4.10. The highest BCUT2D eigenvalue weighted by atomic mass is 35.5. The van der Waals surface area contributed by atoms with Gasteiger partial charge < -0.3 is 10.5 Å². The summed E-state index contributed by atoms with van der Waals surface area (Å²) in [4.78, 5) is 11.7. The number of methoxy groups -OCH3 is 1. The highest BCUT2D eigenvalue weighted by Gasteiger charge is 2.30. The van der Waals surface area contributed by atoms with E-state index >= 15 is 0 Å². The number of nitrogens with two attached hydrogens (primary N) is 1. The van der Waals surface area contributed by atoms with Gasteiger partial charge >= 0.3 is 5.97 Å². The van der Waals surface area contributed by atoms with Crippen molar-refractivity contribution in [1.29, 1.82) is 0 Å². The molecule has 0 aromatic heterocycles. The summed E-state index contributed by atoms with van der Waals surface area (Å²) in [6.07, 6.45) is 1.30. The first-order chi connectivity index (χ1) is 9.86. The fourth-order valence-electron chi connectivity index (χ4n) is 2.38. The number of ether oxygens (including phenoxy) is 1. The summed E-state index contributed by atoms with van der Waals surface area (Å²) in [6.45, 7) is 2.53. The van der Waals surface area contributed by atoms with Gasteiger partial charge in [0.1, 0.15) is 0 Å². The molecule has 1 aromatic rings. The van der Waals surface area contributed by atoms with Crippen molar-refractivity contribution in [3.05, 3.63) is 29.3 Å². The molecule has 2 N–H and O–H groups in total. The van der Waals surface area contributed by atoms with Gasteiger partial charge in [0.25, 0.3) is 0 Å². The first kappa shape index (κ1) is 18.9. The minimum absolute atomic E-state index is 0. The number of halogens is 1. The Morgan fingerprint density at radius 2 is 1.91 bits per heavy atom. The SMILES string of the molecule is COC(=O)c1ccc(C)c(S(=O)(=O)N2CCC(N)CC2)c1.Cl. The van der Waals surface area contributed by atoms with Crippen LogP contribution >= 0.6 is 12.4 Å². The maximum atomic E-state index is 12.7. The summed E-state index contributed by atoms with van der Waals surface area (Å²) in [5.41, 5.74) is 6.65. The molecule has 1 aliphatic heterocycles. The van der Waals surface area contributed by atoms with Crippen molar-refractivity contribution in [3.8, 4) is 0 Å². The lowest BCUT2D eigenvalue weighted by atomic mass is 10.1. The second-order valence-electron chi connectivity index (χ2n) is 5.21. The Hall–Kier alpha value is -1.15. The van der Waals surface area contributed by atoms with Gasteiger partial charge in [-0.05, 0) is 37.5 Å². The van der Waals surface area contributed by atoms with Crippen molar-refractivity contribution < 1.29 is 17.9 Å². The highest BCUT2D eigenvalue weighted by Crippen LogP contribution is 2.24. The Morgan fingerprint density at radius 3 is 2.45 bits per heavy atom. The number of benzene rings is 1. The third-order valence-corrected chi connectivity index (χ3v) is 5.77. The van der Waals surface area contributed by atoms with Crippen LogP contribution in [0.4, 0.5) is 0 Å². The molecule has 1 heterocycles. The molecule has 124 valence electrons. The van der Waals surface area contributed by atoms with Gasteiger partial charge in [-0.25, -0.2) is 13.2 Å². The van der Waals surface area contributed by atoms with Crippen LogP contribution in [0.5, 0.6) is 0 Å². The number of nitrogens with zero attached hydrogens (tertiary/aromatic N) is 1. The molecule has 22 heavy (non-hydrogen) atoms. The summed E-state index contributed by atoms with van der Waals surface area (Å²) in [7, 11) is -2.34. The fraction of sp³-hybridized carbons (Fsp3) is 0.500. The van der Waals surface area contributed by atoms with Crippen LogP contribution in [0.2, 0.25) is 0 Å². The van der Waals surface area contributed by atoms with Crippen LogP contribution in [0.3, 0.4) is 0 Å². The number of esters is 1. The van der Waals surface area contributed by atoms with Gasteiger partial charge in [0.2, 0.25) is 10.0 Å². The van der Waals surface area contributed by atoms with Crippen LogP contribution in [0.15, 0.2) is 23.1 Å². The first-order valence-corrected chi connectivity index (χ1v) is 8.25. The number of aryl methyl sites for hydroxylation is 1. The third kappa shape index (κ3) is 3.78. The molecule has 0 radical (unpaired) electrons. The monoisotopic (exact) mass is 348 g/mol. The van der Waals surface area contributed by atoms with Gasteiger partial charge in [-0.15, -0.1) is 12.4 Å². The highest BCUT2D eigenvalue weighted by molar-refractivity contribution is 7.89. The topological polar surface area (TPSA) is 89.7 Å². The Kier molecular flexibility index (Phi) is 6.37. The second-order valence-corrected chi connectivity index (χ2v) is 7.12. The molecular weight excluding hydrogens is 328 g/mol. The van der Waals surface area contributed by atoms with Crippen LogP contribution in [0.25, 0.3) is 0 Å². The molecule has 1 saturated heterocycles. The number of sulfonamides is 1. The van der Waals surface area contributed by atoms with E-state index in [9.17, 15) is 13.2 Å². The summed E-state index contributed by atoms with van der Waals surface area (Å²) in [5, 5.41) is 0. The summed E-state index contributed by atoms with van der Waals surface area (Å²) in [5.74, 6) is -0.549. The van der Waals surface area contributed by atoms with Gasteiger partial charge in [-0.2, -0.15) is 4.31 Å². The molecule has 0 spiro atoms. The zero-order chi connectivity index (χ0) is 15.6. The minimum Gasteiger partial charge on any atom is -0.465 e. The number of carbonyl (C=O) groups excluding carboxylic acids is 1. The number of hydrogen-bond donors (Lipinski definition) is 1. The smallest absolute Gasteiger partial charge is 0.337 e. The lowest BCUT2D eigenvalue weighted by molar-refractivity contribution is 0.0600. The minimum atomic E-state index is -3.61. The average Bonchev–Trinajstić information content (AvgIpc) is 2.47. The lowest BCUT2D eigenvalue weighted by Crippen LogP contribution is -2.42.